The summed E-state index contributed by atoms with van der Waals surface area (Å²) < 4.78 is 29.7. The smallest absolute Gasteiger partial charge is 0.306 e. The monoisotopic (exact) mass is 383 g/mol. The predicted octanol–water partition coefficient (Wildman–Crippen LogP) is 2.22. The molecule has 2 N–H and O–H groups in total. The van der Waals surface area contributed by atoms with Crippen molar-refractivity contribution in [3.63, 3.8) is 0 Å². The highest BCUT2D eigenvalue weighted by atomic mass is 79.9. The van der Waals surface area contributed by atoms with Crippen molar-refractivity contribution in [3.05, 3.63) is 45.7 Å². The van der Waals surface area contributed by atoms with Gasteiger partial charge in [-0.1, -0.05) is 0 Å². The molecule has 0 fully saturated rings. The number of aryl methyl sites for hydroxylation is 1. The third-order valence-electron chi connectivity index (χ3n) is 2.99. The molecule has 0 atom stereocenters. The van der Waals surface area contributed by atoms with Gasteiger partial charge in [0, 0.05) is 6.54 Å². The van der Waals surface area contributed by atoms with Crippen molar-refractivity contribution in [2.45, 2.75) is 13.5 Å². The molecule has 1 aromatic heterocycles. The van der Waals surface area contributed by atoms with E-state index in [9.17, 15) is 13.7 Å². The Bertz CT molecular complexity index is 866. The average molecular weight is 384 g/mol. The Hall–Kier alpha value is -1.82. The highest BCUT2D eigenvalue weighted by molar-refractivity contribution is 9.10. The quantitative estimate of drug-likeness (QED) is 0.816. The summed E-state index contributed by atoms with van der Waals surface area (Å²) >= 11 is 3.45. The Balaban J connectivity index is 2.61. The first-order valence-electron chi connectivity index (χ1n) is 6.27. The van der Waals surface area contributed by atoms with Crippen LogP contribution in [0.2, 0.25) is 0 Å². The minimum absolute atomic E-state index is 0.171. The molecule has 0 bridgehead atoms. The summed E-state index contributed by atoms with van der Waals surface area (Å²) in [7, 11) is -3.61. The summed E-state index contributed by atoms with van der Waals surface area (Å²) in [5.74, 6) is 0.185. The Morgan fingerprint density at radius 1 is 1.41 bits per heavy atom. The van der Waals surface area contributed by atoms with E-state index in [1.165, 1.54) is 6.07 Å². The highest BCUT2D eigenvalue weighted by Gasteiger charge is 2.16. The van der Waals surface area contributed by atoms with Crippen LogP contribution >= 0.6 is 15.9 Å². The van der Waals surface area contributed by atoms with Crippen LogP contribution in [0.4, 0.5) is 0 Å². The van der Waals surface area contributed by atoms with Gasteiger partial charge in [0.15, 0.2) is 0 Å². The lowest BCUT2D eigenvalue weighted by molar-refractivity contribution is 0.492. The fourth-order valence-corrected chi connectivity index (χ4v) is 3.05. The lowest BCUT2D eigenvalue weighted by Gasteiger charge is -2.14. The molecule has 0 unspecified atom stereocenters. The van der Waals surface area contributed by atoms with Gasteiger partial charge >= 0.3 is 10.1 Å². The number of rotatable bonds is 4. The Kier molecular flexibility index (Phi) is 4.60. The molecule has 0 spiro atoms. The van der Waals surface area contributed by atoms with Crippen molar-refractivity contribution >= 4 is 26.0 Å². The van der Waals surface area contributed by atoms with Gasteiger partial charge in [0.25, 0.3) is 0 Å². The molecule has 0 saturated carbocycles. The topological polar surface area (TPSA) is 98.1 Å². The van der Waals surface area contributed by atoms with E-state index in [0.29, 0.717) is 16.9 Å². The lowest BCUT2D eigenvalue weighted by atomic mass is 10.1. The number of halogens is 1. The van der Waals surface area contributed by atoms with Crippen molar-refractivity contribution in [3.8, 4) is 17.5 Å². The molecule has 2 aromatic rings. The van der Waals surface area contributed by atoms with Crippen molar-refractivity contribution in [2.75, 3.05) is 6.26 Å². The molecule has 0 radical (unpaired) electrons. The summed E-state index contributed by atoms with van der Waals surface area (Å²) in [6.07, 6.45) is 0.975. The molecule has 0 amide bonds. The minimum atomic E-state index is -3.61. The van der Waals surface area contributed by atoms with Crippen LogP contribution in [-0.4, -0.2) is 19.2 Å². The number of hydrogen-bond donors (Lipinski definition) is 1. The molecule has 1 heterocycles. The minimum Gasteiger partial charge on any atom is -0.383 e. The SMILES string of the molecule is Cc1cc(C#N)n(-c2ccc(OS(C)(=O)=O)cc2CN)c1Br. The van der Waals surface area contributed by atoms with Crippen molar-refractivity contribution in [2.24, 2.45) is 5.73 Å². The van der Waals surface area contributed by atoms with Gasteiger partial charge in [0.05, 0.1) is 16.5 Å². The van der Waals surface area contributed by atoms with Crippen LogP contribution in [0.3, 0.4) is 0 Å². The number of hydrogen-bond acceptors (Lipinski definition) is 5. The molecule has 0 saturated heterocycles. The zero-order valence-corrected chi connectivity index (χ0v) is 14.4. The summed E-state index contributed by atoms with van der Waals surface area (Å²) in [5, 5.41) is 9.26. The normalized spacial score (nSPS) is 11.2. The van der Waals surface area contributed by atoms with Gasteiger partial charge in [-0.25, -0.2) is 0 Å². The van der Waals surface area contributed by atoms with Crippen LogP contribution in [0.5, 0.6) is 5.75 Å². The molecule has 2 rings (SSSR count). The number of benzene rings is 1. The largest absolute Gasteiger partial charge is 0.383 e. The van der Waals surface area contributed by atoms with Gasteiger partial charge in [-0.2, -0.15) is 13.7 Å². The van der Waals surface area contributed by atoms with Gasteiger partial charge < -0.3 is 9.92 Å². The molecular weight excluding hydrogens is 370 g/mol. The van der Waals surface area contributed by atoms with Gasteiger partial charge in [-0.15, -0.1) is 0 Å². The third kappa shape index (κ3) is 3.32. The summed E-state index contributed by atoms with van der Waals surface area (Å²) in [6, 6.07) is 8.64. The molecular formula is C14H14BrN3O3S. The van der Waals surface area contributed by atoms with Crippen LogP contribution in [0.15, 0.2) is 28.9 Å². The number of nitriles is 1. The van der Waals surface area contributed by atoms with Crippen LogP contribution in [0.25, 0.3) is 5.69 Å². The third-order valence-corrected chi connectivity index (χ3v) is 4.47. The van der Waals surface area contributed by atoms with Crippen LogP contribution in [0.1, 0.15) is 16.8 Å². The molecule has 0 aliphatic carbocycles. The van der Waals surface area contributed by atoms with E-state index in [1.807, 2.05) is 6.92 Å². The van der Waals surface area contributed by atoms with Crippen molar-refractivity contribution in [1.29, 1.82) is 5.26 Å². The first-order valence-corrected chi connectivity index (χ1v) is 8.88. The summed E-state index contributed by atoms with van der Waals surface area (Å²) in [4.78, 5) is 0. The van der Waals surface area contributed by atoms with Crippen LogP contribution in [-0.2, 0) is 16.7 Å². The second-order valence-electron chi connectivity index (χ2n) is 4.73. The fourth-order valence-electron chi connectivity index (χ4n) is 2.10. The highest BCUT2D eigenvalue weighted by Crippen LogP contribution is 2.29. The molecule has 1 aromatic carbocycles. The zero-order chi connectivity index (χ0) is 16.5. The number of nitrogens with zero attached hydrogens (tertiary/aromatic N) is 2. The van der Waals surface area contributed by atoms with E-state index in [0.717, 1.165) is 16.4 Å². The molecule has 0 aliphatic rings. The van der Waals surface area contributed by atoms with Crippen LogP contribution in [0, 0.1) is 18.3 Å². The molecule has 116 valence electrons. The van der Waals surface area contributed by atoms with E-state index < -0.39 is 10.1 Å². The maximum Gasteiger partial charge on any atom is 0.306 e. The standard InChI is InChI=1S/C14H14BrN3O3S/c1-9-5-11(8-17)18(14(9)15)13-4-3-12(6-10(13)7-16)21-22(2,19)20/h3-6H,7,16H2,1-2H3. The van der Waals surface area contributed by atoms with E-state index in [2.05, 4.69) is 22.0 Å². The molecule has 6 nitrogen and oxygen atoms in total. The molecule has 8 heteroatoms. The summed E-state index contributed by atoms with van der Waals surface area (Å²) in [6.45, 7) is 2.05. The van der Waals surface area contributed by atoms with Gasteiger partial charge in [0.1, 0.15) is 17.5 Å². The van der Waals surface area contributed by atoms with Crippen LogP contribution < -0.4 is 9.92 Å². The zero-order valence-electron chi connectivity index (χ0n) is 12.0. The summed E-state index contributed by atoms with van der Waals surface area (Å²) in [5.41, 5.74) is 8.48. The first-order chi connectivity index (χ1) is 10.3. The molecule has 0 aliphatic heterocycles. The Morgan fingerprint density at radius 3 is 2.64 bits per heavy atom. The first kappa shape index (κ1) is 16.5. The van der Waals surface area contributed by atoms with Crippen molar-refractivity contribution < 1.29 is 12.6 Å². The van der Waals surface area contributed by atoms with E-state index in [-0.39, 0.29) is 12.3 Å². The van der Waals surface area contributed by atoms with Gasteiger partial charge in [0.2, 0.25) is 0 Å². The predicted molar refractivity (Wildman–Crippen MR) is 86.3 cm³/mol. The Labute approximate surface area is 137 Å². The average Bonchev–Trinajstić information content (AvgIpc) is 2.72. The van der Waals surface area contributed by atoms with Gasteiger partial charge in [-0.3, -0.25) is 4.57 Å². The second-order valence-corrected chi connectivity index (χ2v) is 7.06. The van der Waals surface area contributed by atoms with Gasteiger partial charge in [-0.05, 0) is 58.2 Å². The van der Waals surface area contributed by atoms with E-state index in [1.54, 1.807) is 22.8 Å². The number of aromatic nitrogens is 1. The maximum absolute atomic E-state index is 11.2. The second kappa shape index (κ2) is 6.12. The Morgan fingerprint density at radius 2 is 2.09 bits per heavy atom. The van der Waals surface area contributed by atoms with Crippen molar-refractivity contribution in [1.82, 2.24) is 4.57 Å². The number of nitrogens with two attached hydrogens (primary N) is 1. The maximum atomic E-state index is 11.2. The fraction of sp³-hybridized carbons (Fsp3) is 0.214. The lowest BCUT2D eigenvalue weighted by Crippen LogP contribution is -2.09. The van der Waals surface area contributed by atoms with E-state index >= 15 is 0 Å². The molecule has 22 heavy (non-hydrogen) atoms. The van der Waals surface area contributed by atoms with E-state index in [4.69, 9.17) is 9.92 Å².